The van der Waals surface area contributed by atoms with Crippen LogP contribution in [-0.2, 0) is 16.3 Å². The Morgan fingerprint density at radius 2 is 1.83 bits per heavy atom. The average molecular weight is 347 g/mol. The Hall–Kier alpha value is -2.34. The van der Waals surface area contributed by atoms with Crippen molar-refractivity contribution in [2.24, 2.45) is 0 Å². The first-order valence-corrected chi connectivity index (χ1v) is 9.35. The normalized spacial score (nSPS) is 11.1. The van der Waals surface area contributed by atoms with Crippen LogP contribution in [0, 0.1) is 0 Å². The summed E-state index contributed by atoms with van der Waals surface area (Å²) in [5.41, 5.74) is 1.51. The van der Waals surface area contributed by atoms with Crippen LogP contribution in [0.1, 0.15) is 22.8 Å². The van der Waals surface area contributed by atoms with Crippen LogP contribution in [0.25, 0.3) is 0 Å². The number of hydrogen-bond acceptors (Lipinski definition) is 4. The summed E-state index contributed by atoms with van der Waals surface area (Å²) in [4.78, 5) is 12.4. The number of amides is 1. The topological polar surface area (TPSA) is 72.5 Å². The molecule has 0 radical (unpaired) electrons. The predicted octanol–water partition coefficient (Wildman–Crippen LogP) is 2.46. The monoisotopic (exact) mass is 347 g/mol. The van der Waals surface area contributed by atoms with E-state index in [9.17, 15) is 13.2 Å². The molecule has 0 saturated carbocycles. The lowest BCUT2D eigenvalue weighted by atomic mass is 10.1. The zero-order valence-electron chi connectivity index (χ0n) is 13.8. The number of carbonyl (C=O) groups is 1. The van der Waals surface area contributed by atoms with Crippen molar-refractivity contribution in [1.29, 1.82) is 0 Å². The Balaban J connectivity index is 1.91. The fourth-order valence-corrected chi connectivity index (χ4v) is 3.10. The molecule has 6 heteroatoms. The third-order valence-corrected chi connectivity index (χ3v) is 5.44. The summed E-state index contributed by atoms with van der Waals surface area (Å²) in [6.07, 6.45) is 0.627. The van der Waals surface area contributed by atoms with Gasteiger partial charge >= 0.3 is 0 Å². The van der Waals surface area contributed by atoms with Crippen molar-refractivity contribution >= 4 is 15.7 Å². The summed E-state index contributed by atoms with van der Waals surface area (Å²) < 4.78 is 28.6. The van der Waals surface area contributed by atoms with Crippen LogP contribution < -0.4 is 10.1 Å². The van der Waals surface area contributed by atoms with Crippen LogP contribution in [-0.4, -0.2) is 33.7 Å². The van der Waals surface area contributed by atoms with Gasteiger partial charge in [-0.1, -0.05) is 25.1 Å². The Morgan fingerprint density at radius 1 is 1.12 bits per heavy atom. The molecule has 0 aliphatic rings. The minimum atomic E-state index is -3.17. The van der Waals surface area contributed by atoms with Gasteiger partial charge in [0.15, 0.2) is 9.84 Å². The van der Waals surface area contributed by atoms with Crippen molar-refractivity contribution in [2.45, 2.75) is 18.2 Å². The summed E-state index contributed by atoms with van der Waals surface area (Å²) >= 11 is 0. The summed E-state index contributed by atoms with van der Waals surface area (Å²) in [5.74, 6) is 0.553. The fraction of sp³-hybridized carbons (Fsp3) is 0.278. The van der Waals surface area contributed by atoms with Crippen LogP contribution in [0.4, 0.5) is 0 Å². The lowest BCUT2D eigenvalue weighted by Gasteiger charge is -2.07. The Morgan fingerprint density at radius 3 is 2.46 bits per heavy atom. The van der Waals surface area contributed by atoms with Gasteiger partial charge in [0.25, 0.3) is 5.91 Å². The van der Waals surface area contributed by atoms with E-state index in [4.69, 9.17) is 4.74 Å². The third-order valence-electron chi connectivity index (χ3n) is 3.69. The van der Waals surface area contributed by atoms with Gasteiger partial charge < -0.3 is 10.1 Å². The maximum atomic E-state index is 12.1. The van der Waals surface area contributed by atoms with Gasteiger partial charge in [0, 0.05) is 12.1 Å². The molecule has 5 nitrogen and oxygen atoms in total. The Bertz CT molecular complexity index is 798. The predicted molar refractivity (Wildman–Crippen MR) is 93.2 cm³/mol. The Kier molecular flexibility index (Phi) is 5.98. The number of carbonyl (C=O) groups excluding carboxylic acids is 1. The molecule has 1 amide bonds. The Labute approximate surface area is 142 Å². The molecule has 2 aromatic carbocycles. The van der Waals surface area contributed by atoms with E-state index in [0.29, 0.717) is 29.2 Å². The van der Waals surface area contributed by atoms with E-state index in [1.165, 1.54) is 0 Å². The highest BCUT2D eigenvalue weighted by atomic mass is 32.2. The highest BCUT2D eigenvalue weighted by molar-refractivity contribution is 7.91. The zero-order valence-corrected chi connectivity index (χ0v) is 14.6. The molecular weight excluding hydrogens is 326 g/mol. The number of nitrogens with one attached hydrogen (secondary N) is 1. The molecular formula is C18H21NO4S. The summed E-state index contributed by atoms with van der Waals surface area (Å²) in [6.45, 7) is 2.09. The van der Waals surface area contributed by atoms with E-state index in [1.807, 2.05) is 0 Å². The molecule has 0 spiro atoms. The van der Waals surface area contributed by atoms with Crippen LogP contribution in [0.5, 0.6) is 5.75 Å². The van der Waals surface area contributed by atoms with E-state index in [1.54, 1.807) is 62.6 Å². The van der Waals surface area contributed by atoms with E-state index >= 15 is 0 Å². The molecule has 2 rings (SSSR count). The van der Waals surface area contributed by atoms with Gasteiger partial charge in [-0.05, 0) is 42.3 Å². The van der Waals surface area contributed by atoms with Crippen LogP contribution in [0.2, 0.25) is 0 Å². The molecule has 2 aromatic rings. The van der Waals surface area contributed by atoms with Gasteiger partial charge in [-0.3, -0.25) is 4.79 Å². The molecule has 24 heavy (non-hydrogen) atoms. The first kappa shape index (κ1) is 18.0. The molecule has 0 bridgehead atoms. The molecule has 1 N–H and O–H groups in total. The van der Waals surface area contributed by atoms with E-state index in [-0.39, 0.29) is 11.7 Å². The molecule has 0 saturated heterocycles. The van der Waals surface area contributed by atoms with Crippen molar-refractivity contribution < 1.29 is 17.9 Å². The summed E-state index contributed by atoms with van der Waals surface area (Å²) in [6, 6.07) is 13.7. The maximum absolute atomic E-state index is 12.1. The first-order valence-electron chi connectivity index (χ1n) is 7.70. The fourth-order valence-electron chi connectivity index (χ4n) is 2.22. The highest BCUT2D eigenvalue weighted by Crippen LogP contribution is 2.13. The lowest BCUT2D eigenvalue weighted by molar-refractivity contribution is 0.0954. The second kappa shape index (κ2) is 7.97. The third kappa shape index (κ3) is 4.58. The number of benzene rings is 2. The van der Waals surface area contributed by atoms with Crippen molar-refractivity contribution in [3.8, 4) is 5.75 Å². The van der Waals surface area contributed by atoms with Gasteiger partial charge in [-0.25, -0.2) is 8.42 Å². The van der Waals surface area contributed by atoms with E-state index in [0.717, 1.165) is 5.56 Å². The molecule has 0 aliphatic heterocycles. The minimum Gasteiger partial charge on any atom is -0.497 e. The molecule has 0 atom stereocenters. The van der Waals surface area contributed by atoms with Gasteiger partial charge in [0.1, 0.15) is 5.75 Å². The van der Waals surface area contributed by atoms with Gasteiger partial charge in [-0.15, -0.1) is 0 Å². The van der Waals surface area contributed by atoms with Crippen LogP contribution in [0.3, 0.4) is 0 Å². The number of rotatable bonds is 7. The SMILES string of the molecule is CCS(=O)(=O)c1ccc(CCNC(=O)c2cccc(OC)c2)cc1. The molecule has 0 aromatic heterocycles. The standard InChI is InChI=1S/C18H21NO4S/c1-3-24(21,22)17-9-7-14(8-10-17)11-12-19-18(20)15-5-4-6-16(13-15)23-2/h4-10,13H,3,11-12H2,1-2H3,(H,19,20). The van der Waals surface area contributed by atoms with Crippen molar-refractivity contribution in [2.75, 3.05) is 19.4 Å². The minimum absolute atomic E-state index is 0.0863. The number of sulfone groups is 1. The molecule has 128 valence electrons. The number of ether oxygens (including phenoxy) is 1. The maximum Gasteiger partial charge on any atom is 0.251 e. The first-order chi connectivity index (χ1) is 11.5. The van der Waals surface area contributed by atoms with Crippen molar-refractivity contribution in [3.63, 3.8) is 0 Å². The quantitative estimate of drug-likeness (QED) is 0.835. The largest absolute Gasteiger partial charge is 0.497 e. The van der Waals surface area contributed by atoms with Gasteiger partial charge in [0.2, 0.25) is 0 Å². The summed E-state index contributed by atoms with van der Waals surface area (Å²) in [7, 11) is -1.62. The van der Waals surface area contributed by atoms with Gasteiger partial charge in [0.05, 0.1) is 17.8 Å². The zero-order chi connectivity index (χ0) is 17.6. The van der Waals surface area contributed by atoms with E-state index in [2.05, 4.69) is 5.32 Å². The highest BCUT2D eigenvalue weighted by Gasteiger charge is 2.11. The van der Waals surface area contributed by atoms with Crippen LogP contribution in [0.15, 0.2) is 53.4 Å². The second-order valence-electron chi connectivity index (χ2n) is 5.29. The van der Waals surface area contributed by atoms with E-state index < -0.39 is 9.84 Å². The van der Waals surface area contributed by atoms with Gasteiger partial charge in [-0.2, -0.15) is 0 Å². The number of hydrogen-bond donors (Lipinski definition) is 1. The van der Waals surface area contributed by atoms with Crippen LogP contribution >= 0.6 is 0 Å². The molecule has 0 fully saturated rings. The molecule has 0 heterocycles. The summed E-state index contributed by atoms with van der Waals surface area (Å²) in [5, 5.41) is 2.84. The molecule has 0 aliphatic carbocycles. The molecule has 0 unspecified atom stereocenters. The lowest BCUT2D eigenvalue weighted by Crippen LogP contribution is -2.25. The average Bonchev–Trinajstić information content (AvgIpc) is 2.62. The smallest absolute Gasteiger partial charge is 0.251 e. The number of methoxy groups -OCH3 is 1. The van der Waals surface area contributed by atoms with Crippen molar-refractivity contribution in [1.82, 2.24) is 5.32 Å². The second-order valence-corrected chi connectivity index (χ2v) is 7.56. The van der Waals surface area contributed by atoms with Crippen molar-refractivity contribution in [3.05, 3.63) is 59.7 Å².